The molecule has 124 valence electrons. The van der Waals surface area contributed by atoms with E-state index in [9.17, 15) is 9.59 Å². The molecular formula is C20H12N4O2. The first-order valence-corrected chi connectivity index (χ1v) is 7.89. The standard InChI is InChI=1S/C20H12N4O2/c25-12-17(19-7-8-20(26)24-19)18-6-5-16(23-18)11-15-4-3-14(22-15)10-13-2-1-9-21-13/h1-12H. The van der Waals surface area contributed by atoms with E-state index in [-0.39, 0.29) is 5.91 Å². The van der Waals surface area contributed by atoms with Crippen molar-refractivity contribution in [3.05, 3.63) is 83.4 Å². The number of rotatable bonds is 4. The van der Waals surface area contributed by atoms with Crippen LogP contribution < -0.4 is 0 Å². The van der Waals surface area contributed by atoms with Crippen molar-refractivity contribution in [2.24, 2.45) is 20.0 Å². The normalized spacial score (nSPS) is 24.9. The zero-order chi connectivity index (χ0) is 17.9. The Morgan fingerprint density at radius 2 is 1.62 bits per heavy atom. The van der Waals surface area contributed by atoms with Crippen molar-refractivity contribution >= 4 is 35.5 Å². The highest BCUT2D eigenvalue weighted by atomic mass is 16.1. The van der Waals surface area contributed by atoms with Crippen molar-refractivity contribution in [2.45, 2.75) is 0 Å². The molecule has 0 atom stereocenters. The smallest absolute Gasteiger partial charge is 0.270 e. The minimum atomic E-state index is -0.373. The maximum atomic E-state index is 11.4. The SMILES string of the molecule is O=CC(C1=NC(=O)C=C1)=C1C=CC(C=C2C=CC(C=C3C=CC=N3)=N2)=N1. The summed E-state index contributed by atoms with van der Waals surface area (Å²) < 4.78 is 0. The predicted molar refractivity (Wildman–Crippen MR) is 102 cm³/mol. The molecule has 0 fully saturated rings. The Morgan fingerprint density at radius 1 is 0.808 bits per heavy atom. The fourth-order valence-corrected chi connectivity index (χ4v) is 2.61. The summed E-state index contributed by atoms with van der Waals surface area (Å²) in [5.74, 6) is -0.373. The van der Waals surface area contributed by atoms with Crippen molar-refractivity contribution < 1.29 is 9.59 Å². The molecule has 4 rings (SSSR count). The molecule has 0 aromatic heterocycles. The molecule has 6 nitrogen and oxygen atoms in total. The van der Waals surface area contributed by atoms with E-state index in [2.05, 4.69) is 20.0 Å². The average Bonchev–Trinajstić information content (AvgIpc) is 3.39. The molecule has 0 saturated heterocycles. The first-order valence-electron chi connectivity index (χ1n) is 7.89. The van der Waals surface area contributed by atoms with Crippen molar-refractivity contribution in [2.75, 3.05) is 0 Å². The van der Waals surface area contributed by atoms with E-state index < -0.39 is 0 Å². The van der Waals surface area contributed by atoms with Crippen molar-refractivity contribution in [3.63, 3.8) is 0 Å². The molecule has 0 N–H and O–H groups in total. The monoisotopic (exact) mass is 340 g/mol. The van der Waals surface area contributed by atoms with Gasteiger partial charge in [0.25, 0.3) is 5.91 Å². The summed E-state index contributed by atoms with van der Waals surface area (Å²) >= 11 is 0. The van der Waals surface area contributed by atoms with Gasteiger partial charge < -0.3 is 0 Å². The number of nitrogens with zero attached hydrogens (tertiary/aromatic N) is 4. The first-order chi connectivity index (χ1) is 12.7. The number of carbonyl (C=O) groups excluding carboxylic acids is 2. The number of allylic oxidation sites excluding steroid dienone is 10. The second-order valence-corrected chi connectivity index (χ2v) is 5.60. The summed E-state index contributed by atoms with van der Waals surface area (Å²) in [7, 11) is 0. The zero-order valence-electron chi connectivity index (χ0n) is 13.5. The quantitative estimate of drug-likeness (QED) is 0.581. The van der Waals surface area contributed by atoms with E-state index in [1.54, 1.807) is 18.4 Å². The van der Waals surface area contributed by atoms with Crippen LogP contribution in [0, 0.1) is 0 Å². The van der Waals surface area contributed by atoms with Crippen LogP contribution in [0.1, 0.15) is 0 Å². The average molecular weight is 340 g/mol. The maximum absolute atomic E-state index is 11.4. The lowest BCUT2D eigenvalue weighted by Gasteiger charge is -1.98. The third-order valence-corrected chi connectivity index (χ3v) is 3.80. The first kappa shape index (κ1) is 15.7. The number of aldehydes is 1. The van der Waals surface area contributed by atoms with Gasteiger partial charge in [0.05, 0.1) is 39.8 Å². The van der Waals surface area contributed by atoms with Crippen LogP contribution in [0.2, 0.25) is 0 Å². The number of carbonyl (C=O) groups is 2. The molecule has 0 unspecified atom stereocenters. The number of aliphatic imine (C=N–C) groups is 4. The summed E-state index contributed by atoms with van der Waals surface area (Å²) in [4.78, 5) is 39.5. The third-order valence-electron chi connectivity index (χ3n) is 3.80. The minimum absolute atomic E-state index is 0.290. The van der Waals surface area contributed by atoms with Crippen LogP contribution in [-0.4, -0.2) is 35.5 Å². The van der Waals surface area contributed by atoms with E-state index >= 15 is 0 Å². The molecule has 0 saturated carbocycles. The van der Waals surface area contributed by atoms with Crippen LogP contribution >= 0.6 is 0 Å². The van der Waals surface area contributed by atoms with Gasteiger partial charge in [-0.3, -0.25) is 14.6 Å². The summed E-state index contributed by atoms with van der Waals surface area (Å²) in [5.41, 5.74) is 4.19. The van der Waals surface area contributed by atoms with Crippen LogP contribution in [0.25, 0.3) is 0 Å². The van der Waals surface area contributed by atoms with E-state index in [0.29, 0.717) is 29.0 Å². The molecule has 0 aromatic rings. The summed E-state index contributed by atoms with van der Waals surface area (Å²) in [6, 6.07) is 0. The summed E-state index contributed by atoms with van der Waals surface area (Å²) in [6.45, 7) is 0. The zero-order valence-corrected chi connectivity index (χ0v) is 13.5. The summed E-state index contributed by atoms with van der Waals surface area (Å²) in [6.07, 6.45) is 20.0. The number of hydrogen-bond acceptors (Lipinski definition) is 5. The Hall–Kier alpha value is -3.80. The Bertz CT molecular complexity index is 1040. The van der Waals surface area contributed by atoms with Gasteiger partial charge in [-0.25, -0.2) is 15.0 Å². The molecule has 4 aliphatic heterocycles. The number of hydrogen-bond donors (Lipinski definition) is 0. The Balaban J connectivity index is 1.58. The molecule has 0 bridgehead atoms. The van der Waals surface area contributed by atoms with E-state index in [4.69, 9.17) is 0 Å². The fourth-order valence-electron chi connectivity index (χ4n) is 2.61. The third kappa shape index (κ3) is 3.21. The largest absolute Gasteiger partial charge is 0.298 e. The van der Waals surface area contributed by atoms with E-state index in [0.717, 1.165) is 17.1 Å². The lowest BCUT2D eigenvalue weighted by Crippen LogP contribution is -2.02. The van der Waals surface area contributed by atoms with Gasteiger partial charge in [0, 0.05) is 12.3 Å². The van der Waals surface area contributed by atoms with Gasteiger partial charge in [-0.1, -0.05) is 0 Å². The molecule has 0 spiro atoms. The van der Waals surface area contributed by atoms with E-state index in [1.165, 1.54) is 12.2 Å². The molecule has 0 radical (unpaired) electrons. The lowest BCUT2D eigenvalue weighted by atomic mass is 10.1. The van der Waals surface area contributed by atoms with Crippen LogP contribution in [0.3, 0.4) is 0 Å². The van der Waals surface area contributed by atoms with Crippen molar-refractivity contribution in [1.29, 1.82) is 0 Å². The summed E-state index contributed by atoms with van der Waals surface area (Å²) in [5, 5.41) is 0. The van der Waals surface area contributed by atoms with Gasteiger partial charge in [-0.2, -0.15) is 0 Å². The lowest BCUT2D eigenvalue weighted by molar-refractivity contribution is -0.113. The van der Waals surface area contributed by atoms with Gasteiger partial charge in [0.15, 0.2) is 6.29 Å². The van der Waals surface area contributed by atoms with Gasteiger partial charge in [0.2, 0.25) is 0 Å². The molecule has 26 heavy (non-hydrogen) atoms. The number of amides is 1. The molecule has 1 amide bonds. The Morgan fingerprint density at radius 3 is 2.35 bits per heavy atom. The van der Waals surface area contributed by atoms with Crippen LogP contribution in [0.5, 0.6) is 0 Å². The van der Waals surface area contributed by atoms with Crippen LogP contribution in [0.15, 0.2) is 103 Å². The molecule has 4 heterocycles. The highest BCUT2D eigenvalue weighted by molar-refractivity contribution is 6.28. The van der Waals surface area contributed by atoms with Gasteiger partial charge >= 0.3 is 0 Å². The molecular weight excluding hydrogens is 328 g/mol. The van der Waals surface area contributed by atoms with Crippen molar-refractivity contribution in [1.82, 2.24) is 0 Å². The van der Waals surface area contributed by atoms with Gasteiger partial charge in [-0.15, -0.1) is 0 Å². The van der Waals surface area contributed by atoms with E-state index in [1.807, 2.05) is 36.5 Å². The van der Waals surface area contributed by atoms with Crippen LogP contribution in [0.4, 0.5) is 0 Å². The second-order valence-electron chi connectivity index (χ2n) is 5.60. The molecule has 0 aliphatic carbocycles. The van der Waals surface area contributed by atoms with Gasteiger partial charge in [0.1, 0.15) is 0 Å². The maximum Gasteiger partial charge on any atom is 0.270 e. The van der Waals surface area contributed by atoms with Crippen LogP contribution in [-0.2, 0) is 9.59 Å². The highest BCUT2D eigenvalue weighted by Gasteiger charge is 2.17. The van der Waals surface area contributed by atoms with Gasteiger partial charge in [-0.05, 0) is 54.7 Å². The molecule has 6 heteroatoms. The highest BCUT2D eigenvalue weighted by Crippen LogP contribution is 2.19. The molecule has 4 aliphatic rings. The fraction of sp³-hybridized carbons (Fsp3) is 0. The molecule has 0 aromatic carbocycles. The topological polar surface area (TPSA) is 83.6 Å². The minimum Gasteiger partial charge on any atom is -0.298 e. The van der Waals surface area contributed by atoms with Crippen molar-refractivity contribution in [3.8, 4) is 0 Å². The second kappa shape index (κ2) is 6.60. The predicted octanol–water partition coefficient (Wildman–Crippen LogP) is 2.41. The Kier molecular flexibility index (Phi) is 3.99. The Labute approximate surface area is 149 Å².